The summed E-state index contributed by atoms with van der Waals surface area (Å²) >= 11 is 0. The van der Waals surface area contributed by atoms with E-state index in [0.717, 1.165) is 23.3 Å². The van der Waals surface area contributed by atoms with E-state index < -0.39 is 12.1 Å². The number of nitrogen functional groups attached to an aromatic ring is 1. The normalized spacial score (nSPS) is 10.8. The summed E-state index contributed by atoms with van der Waals surface area (Å²) in [6.07, 6.45) is 1.17. The van der Waals surface area contributed by atoms with Crippen LogP contribution in [0.5, 0.6) is 5.75 Å². The highest BCUT2D eigenvalue weighted by Crippen LogP contribution is 2.24. The number of amidine groups is 1. The number of ether oxygens (including phenoxy) is 1. The molecule has 4 aromatic rings. The predicted octanol–water partition coefficient (Wildman–Crippen LogP) is 4.51. The summed E-state index contributed by atoms with van der Waals surface area (Å²) in [7, 11) is 1.95. The zero-order valence-electron chi connectivity index (χ0n) is 20.6. The van der Waals surface area contributed by atoms with Gasteiger partial charge in [0.15, 0.2) is 0 Å². The summed E-state index contributed by atoms with van der Waals surface area (Å²) < 4.78 is 7.69. The number of carbonyl (C=O) groups excluding carboxylic acids is 1. The van der Waals surface area contributed by atoms with Crippen molar-refractivity contribution in [2.45, 2.75) is 25.7 Å². The van der Waals surface area contributed by atoms with Crippen molar-refractivity contribution in [2.75, 3.05) is 11.4 Å². The molecule has 0 spiro atoms. The van der Waals surface area contributed by atoms with Crippen LogP contribution < -0.4 is 15.4 Å². The van der Waals surface area contributed by atoms with Crippen molar-refractivity contribution >= 4 is 34.6 Å². The van der Waals surface area contributed by atoms with E-state index in [4.69, 9.17) is 26.0 Å². The number of aryl methyl sites for hydroxylation is 3. The number of aliphatic carboxylic acids is 1. The molecule has 0 aliphatic heterocycles. The van der Waals surface area contributed by atoms with Crippen molar-refractivity contribution in [3.8, 4) is 5.75 Å². The summed E-state index contributed by atoms with van der Waals surface area (Å²) in [6.45, 7) is 0.221. The summed E-state index contributed by atoms with van der Waals surface area (Å²) in [5, 5.41) is 16.5. The molecule has 4 rings (SSSR count). The molecule has 0 radical (unpaired) electrons. The first-order valence-electron chi connectivity index (χ1n) is 12.0. The molecule has 0 unspecified atom stereocenters. The van der Waals surface area contributed by atoms with Crippen LogP contribution in [-0.4, -0.2) is 39.1 Å². The van der Waals surface area contributed by atoms with Gasteiger partial charge in [-0.1, -0.05) is 42.5 Å². The molecule has 0 saturated carbocycles. The third kappa shape index (κ3) is 6.32. The Morgan fingerprint density at radius 3 is 2.46 bits per heavy atom. The quantitative estimate of drug-likeness (QED) is 0.217. The Balaban J connectivity index is 1.47. The van der Waals surface area contributed by atoms with Crippen LogP contribution in [0.2, 0.25) is 0 Å². The number of carbonyl (C=O) groups is 2. The number of hydrogen-bond donors (Lipinski definition) is 3. The van der Waals surface area contributed by atoms with Gasteiger partial charge in [-0.2, -0.15) is 0 Å². The molecule has 1 heterocycles. The lowest BCUT2D eigenvalue weighted by Crippen LogP contribution is -2.34. The maximum Gasteiger partial charge on any atom is 0.419 e. The van der Waals surface area contributed by atoms with Crippen molar-refractivity contribution in [3.63, 3.8) is 0 Å². The first-order chi connectivity index (χ1) is 17.8. The van der Waals surface area contributed by atoms with Gasteiger partial charge in [-0.3, -0.25) is 15.1 Å². The molecule has 0 fully saturated rings. The number of rotatable bonds is 10. The number of hydrogen-bond acceptors (Lipinski definition) is 5. The van der Waals surface area contributed by atoms with Crippen LogP contribution in [0.1, 0.15) is 29.8 Å². The number of aromatic nitrogens is 2. The van der Waals surface area contributed by atoms with Crippen LogP contribution in [0.3, 0.4) is 0 Å². The molecule has 1 amide bonds. The van der Waals surface area contributed by atoms with E-state index in [9.17, 15) is 9.59 Å². The molecule has 0 saturated heterocycles. The lowest BCUT2D eigenvalue weighted by Gasteiger charge is -2.21. The van der Waals surface area contributed by atoms with Crippen LogP contribution in [0, 0.1) is 5.41 Å². The molecule has 0 aliphatic rings. The highest BCUT2D eigenvalue weighted by Gasteiger charge is 2.19. The molecule has 0 aliphatic carbocycles. The number of carboxylic acid groups (broad SMARTS) is 1. The number of para-hydroxylation sites is 1. The number of amides is 1. The molecule has 0 atom stereocenters. The standard InChI is InChI=1S/C28H29N5O4/c1-32-24-15-14-22(37-28(36)33(17-5-8-26(34)35)21-6-3-2-4-7-21)18-23(24)31-25(32)16-11-19-9-12-20(13-10-19)27(29)30/h2-4,6-7,9-10,12-15,18H,5,8,11,16-17H2,1H3,(H3,29,30)(H,34,35). The minimum absolute atomic E-state index is 0.0415. The van der Waals surface area contributed by atoms with Crippen molar-refractivity contribution < 1.29 is 19.4 Å². The average Bonchev–Trinajstić information content (AvgIpc) is 3.20. The molecule has 9 heteroatoms. The van der Waals surface area contributed by atoms with Crippen molar-refractivity contribution in [2.24, 2.45) is 12.8 Å². The number of fused-ring (bicyclic) bond motifs is 1. The molecule has 190 valence electrons. The van der Waals surface area contributed by atoms with Gasteiger partial charge in [-0.25, -0.2) is 9.78 Å². The monoisotopic (exact) mass is 499 g/mol. The van der Waals surface area contributed by atoms with E-state index in [0.29, 0.717) is 35.4 Å². The van der Waals surface area contributed by atoms with E-state index in [1.54, 1.807) is 24.3 Å². The minimum Gasteiger partial charge on any atom is -0.481 e. The molecule has 37 heavy (non-hydrogen) atoms. The second-order valence-corrected chi connectivity index (χ2v) is 8.70. The zero-order valence-corrected chi connectivity index (χ0v) is 20.6. The predicted molar refractivity (Wildman–Crippen MR) is 142 cm³/mol. The van der Waals surface area contributed by atoms with E-state index >= 15 is 0 Å². The highest BCUT2D eigenvalue weighted by atomic mass is 16.6. The Morgan fingerprint density at radius 1 is 1.05 bits per heavy atom. The lowest BCUT2D eigenvalue weighted by molar-refractivity contribution is -0.137. The smallest absolute Gasteiger partial charge is 0.419 e. The van der Waals surface area contributed by atoms with Gasteiger partial charge in [0.05, 0.1) is 11.0 Å². The van der Waals surface area contributed by atoms with E-state index in [-0.39, 0.29) is 18.8 Å². The Bertz CT molecular complexity index is 1410. The maximum absolute atomic E-state index is 13.0. The average molecular weight is 500 g/mol. The van der Waals surface area contributed by atoms with E-state index in [2.05, 4.69) is 0 Å². The molecule has 0 bridgehead atoms. The largest absolute Gasteiger partial charge is 0.481 e. The molecular formula is C28H29N5O4. The highest BCUT2D eigenvalue weighted by molar-refractivity contribution is 5.94. The molecular weight excluding hydrogens is 470 g/mol. The molecule has 4 N–H and O–H groups in total. The van der Waals surface area contributed by atoms with Crippen LogP contribution in [0.25, 0.3) is 11.0 Å². The molecule has 9 nitrogen and oxygen atoms in total. The third-order valence-electron chi connectivity index (χ3n) is 6.11. The van der Waals surface area contributed by atoms with Gasteiger partial charge in [0.1, 0.15) is 17.4 Å². The lowest BCUT2D eigenvalue weighted by atomic mass is 10.1. The first kappa shape index (κ1) is 25.4. The fraction of sp³-hybridized carbons (Fsp3) is 0.214. The van der Waals surface area contributed by atoms with Crippen LogP contribution >= 0.6 is 0 Å². The zero-order chi connectivity index (χ0) is 26.4. The summed E-state index contributed by atoms with van der Waals surface area (Å²) in [6, 6.07) is 22.0. The molecule has 1 aromatic heterocycles. The topological polar surface area (TPSA) is 135 Å². The van der Waals surface area contributed by atoms with Gasteiger partial charge in [-0.05, 0) is 42.7 Å². The number of nitrogens with one attached hydrogen (secondary N) is 1. The summed E-state index contributed by atoms with van der Waals surface area (Å²) in [4.78, 5) is 30.2. The van der Waals surface area contributed by atoms with Crippen molar-refractivity contribution in [1.82, 2.24) is 9.55 Å². The second-order valence-electron chi connectivity index (χ2n) is 8.70. The Kier molecular flexibility index (Phi) is 7.83. The van der Waals surface area contributed by atoms with Crippen molar-refractivity contribution in [3.05, 3.63) is 89.7 Å². The fourth-order valence-electron chi connectivity index (χ4n) is 4.10. The van der Waals surface area contributed by atoms with Gasteiger partial charge in [-0.15, -0.1) is 0 Å². The first-order valence-corrected chi connectivity index (χ1v) is 12.0. The summed E-state index contributed by atoms with van der Waals surface area (Å²) in [5.74, 6) is 0.395. The van der Waals surface area contributed by atoms with Gasteiger partial charge >= 0.3 is 12.1 Å². The Labute approximate surface area is 214 Å². The van der Waals surface area contributed by atoms with Gasteiger partial charge in [0.25, 0.3) is 0 Å². The second kappa shape index (κ2) is 11.4. The van der Waals surface area contributed by atoms with Gasteiger partial charge in [0, 0.05) is 43.8 Å². The van der Waals surface area contributed by atoms with E-state index in [1.165, 1.54) is 4.90 Å². The summed E-state index contributed by atoms with van der Waals surface area (Å²) in [5.41, 5.74) is 9.61. The van der Waals surface area contributed by atoms with Crippen molar-refractivity contribution in [1.29, 1.82) is 5.41 Å². The minimum atomic E-state index is -0.911. The third-order valence-corrected chi connectivity index (χ3v) is 6.11. The van der Waals surface area contributed by atoms with Crippen LogP contribution in [0.15, 0.2) is 72.8 Å². The number of benzene rings is 3. The fourth-order valence-corrected chi connectivity index (χ4v) is 4.10. The number of nitrogens with zero attached hydrogens (tertiary/aromatic N) is 3. The molecule has 3 aromatic carbocycles. The SMILES string of the molecule is Cn1c(CCc2ccc(C(=N)N)cc2)nc2cc(OC(=O)N(CCCC(=O)O)c3ccccc3)ccc21. The van der Waals surface area contributed by atoms with E-state index in [1.807, 2.05) is 60.1 Å². The van der Waals surface area contributed by atoms with Crippen LogP contribution in [-0.2, 0) is 24.7 Å². The number of nitrogens with two attached hydrogens (primary N) is 1. The Hall–Kier alpha value is -4.66. The maximum atomic E-state index is 13.0. The van der Waals surface area contributed by atoms with Crippen LogP contribution in [0.4, 0.5) is 10.5 Å². The number of carboxylic acids is 1. The Morgan fingerprint density at radius 2 is 1.78 bits per heavy atom. The number of imidazole rings is 1. The van der Waals surface area contributed by atoms with Gasteiger partial charge < -0.3 is 20.1 Å². The number of anilines is 1. The van der Waals surface area contributed by atoms with Gasteiger partial charge in [0.2, 0.25) is 0 Å².